The SMILES string of the molecule is C[N-]P(OC)OCCCCCC(=O)CNNC.[Rb+]. The first-order valence-corrected chi connectivity index (χ1v) is 6.85. The molecule has 0 saturated heterocycles. The molecule has 18 heavy (non-hydrogen) atoms. The molecule has 102 valence electrons. The van der Waals surface area contributed by atoms with Crippen LogP contribution in [0.3, 0.4) is 0 Å². The van der Waals surface area contributed by atoms with Crippen LogP contribution in [0.2, 0.25) is 0 Å². The zero-order valence-electron chi connectivity index (χ0n) is 11.9. The number of ketones is 1. The number of nitrogens with one attached hydrogen (secondary N) is 2. The molecule has 0 radical (unpaired) electrons. The van der Waals surface area contributed by atoms with E-state index in [1.807, 2.05) is 0 Å². The first kappa shape index (κ1) is 22.0. The second kappa shape index (κ2) is 16.8. The fraction of sp³-hybridized carbons (Fsp3) is 0.900. The number of carbonyl (C=O) groups excluding carboxylic acids is 1. The van der Waals surface area contributed by atoms with Gasteiger partial charge in [0.2, 0.25) is 0 Å². The summed E-state index contributed by atoms with van der Waals surface area (Å²) in [5, 5.41) is 3.94. The minimum atomic E-state index is -1.06. The van der Waals surface area contributed by atoms with E-state index < -0.39 is 8.53 Å². The zero-order valence-corrected chi connectivity index (χ0v) is 17.7. The summed E-state index contributed by atoms with van der Waals surface area (Å²) in [6, 6.07) is 0. The number of unbranched alkanes of at least 4 members (excludes halogenated alkanes) is 2. The van der Waals surface area contributed by atoms with Crippen molar-refractivity contribution in [2.45, 2.75) is 25.7 Å². The van der Waals surface area contributed by atoms with Crippen molar-refractivity contribution < 1.29 is 72.0 Å². The Bertz CT molecular complexity index is 197. The number of Topliss-reactive ketones (excluding diaryl/α,β-unsaturated/α-hetero) is 1. The molecule has 1 unspecified atom stereocenters. The van der Waals surface area contributed by atoms with Crippen LogP contribution in [0.5, 0.6) is 0 Å². The van der Waals surface area contributed by atoms with Crippen molar-refractivity contribution in [1.82, 2.24) is 10.9 Å². The van der Waals surface area contributed by atoms with Gasteiger partial charge >= 0.3 is 58.2 Å². The average Bonchev–Trinajstić information content (AvgIpc) is 2.35. The minimum Gasteiger partial charge on any atom is -0.591 e. The van der Waals surface area contributed by atoms with Crippen molar-refractivity contribution in [3.63, 3.8) is 0 Å². The normalized spacial score (nSPS) is 11.9. The van der Waals surface area contributed by atoms with Crippen molar-refractivity contribution >= 4 is 14.3 Å². The molecular formula is C10H23N3O3PRb. The molecule has 0 aromatic heterocycles. The van der Waals surface area contributed by atoms with E-state index in [1.54, 1.807) is 21.2 Å². The molecule has 1 atom stereocenters. The third-order valence-corrected chi connectivity index (χ3v) is 3.13. The van der Waals surface area contributed by atoms with Crippen molar-refractivity contribution in [2.24, 2.45) is 0 Å². The Labute approximate surface area is 160 Å². The van der Waals surface area contributed by atoms with Crippen molar-refractivity contribution in [2.75, 3.05) is 34.4 Å². The average molecular weight is 350 g/mol. The molecule has 6 nitrogen and oxygen atoms in total. The van der Waals surface area contributed by atoms with Gasteiger partial charge in [-0.05, 0) is 19.9 Å². The van der Waals surface area contributed by atoms with E-state index >= 15 is 0 Å². The van der Waals surface area contributed by atoms with E-state index in [0.29, 0.717) is 19.6 Å². The molecule has 0 fully saturated rings. The van der Waals surface area contributed by atoms with Crippen LogP contribution in [-0.2, 0) is 13.8 Å². The minimum absolute atomic E-state index is 0. The number of nitrogens with zero attached hydrogens (tertiary/aromatic N) is 1. The summed E-state index contributed by atoms with van der Waals surface area (Å²) in [7, 11) is 3.96. The van der Waals surface area contributed by atoms with Crippen LogP contribution in [0.1, 0.15) is 25.7 Å². The summed E-state index contributed by atoms with van der Waals surface area (Å²) < 4.78 is 10.4. The maximum Gasteiger partial charge on any atom is 1.00 e. The monoisotopic (exact) mass is 349 g/mol. The third kappa shape index (κ3) is 14.1. The predicted molar refractivity (Wildman–Crippen MR) is 69.7 cm³/mol. The van der Waals surface area contributed by atoms with Gasteiger partial charge in [0.1, 0.15) is 5.78 Å². The Morgan fingerprint density at radius 1 is 1.33 bits per heavy atom. The molecule has 0 aromatic rings. The fourth-order valence-electron chi connectivity index (χ4n) is 1.21. The zero-order chi connectivity index (χ0) is 12.9. The number of rotatable bonds is 12. The van der Waals surface area contributed by atoms with Gasteiger partial charge in [-0.3, -0.25) is 15.6 Å². The van der Waals surface area contributed by atoms with Gasteiger partial charge in [-0.2, -0.15) is 7.05 Å². The van der Waals surface area contributed by atoms with Crippen molar-refractivity contribution in [1.29, 1.82) is 0 Å². The van der Waals surface area contributed by atoms with Gasteiger partial charge in [0.05, 0.1) is 21.7 Å². The Kier molecular flexibility index (Phi) is 20.5. The second-order valence-electron chi connectivity index (χ2n) is 3.41. The maximum atomic E-state index is 11.3. The molecule has 0 saturated carbocycles. The van der Waals surface area contributed by atoms with Gasteiger partial charge in [-0.25, -0.2) is 0 Å². The van der Waals surface area contributed by atoms with Crippen LogP contribution in [0.25, 0.3) is 5.09 Å². The molecule has 0 rings (SSSR count). The maximum absolute atomic E-state index is 11.3. The van der Waals surface area contributed by atoms with Gasteiger partial charge in [-0.1, -0.05) is 6.42 Å². The Morgan fingerprint density at radius 2 is 2.06 bits per heavy atom. The Morgan fingerprint density at radius 3 is 2.61 bits per heavy atom. The van der Waals surface area contributed by atoms with Crippen LogP contribution >= 0.6 is 8.53 Å². The molecule has 2 N–H and O–H groups in total. The quantitative estimate of drug-likeness (QED) is 0.261. The van der Waals surface area contributed by atoms with E-state index in [2.05, 4.69) is 15.9 Å². The summed E-state index contributed by atoms with van der Waals surface area (Å²) in [5.41, 5.74) is 5.50. The summed E-state index contributed by atoms with van der Waals surface area (Å²) in [6.45, 7) is 1.02. The Hall–Kier alpha value is 1.71. The van der Waals surface area contributed by atoms with Gasteiger partial charge in [0, 0.05) is 13.5 Å². The van der Waals surface area contributed by atoms with Gasteiger partial charge in [0.15, 0.2) is 0 Å². The molecule has 0 amide bonds. The number of hydrazine groups is 1. The molecular weight excluding hydrogens is 327 g/mol. The van der Waals surface area contributed by atoms with Gasteiger partial charge in [-0.15, -0.1) is 0 Å². The van der Waals surface area contributed by atoms with E-state index in [4.69, 9.17) is 9.05 Å². The molecule has 0 aromatic carbocycles. The summed E-state index contributed by atoms with van der Waals surface area (Å²) in [5.74, 6) is 0.225. The molecule has 8 heteroatoms. The van der Waals surface area contributed by atoms with E-state index in [9.17, 15) is 4.79 Å². The fourth-order valence-corrected chi connectivity index (χ4v) is 1.88. The van der Waals surface area contributed by atoms with Gasteiger partial charge in [0.25, 0.3) is 0 Å². The third-order valence-electron chi connectivity index (χ3n) is 2.08. The molecule has 0 aliphatic rings. The van der Waals surface area contributed by atoms with Crippen molar-refractivity contribution in [3.8, 4) is 0 Å². The largest absolute Gasteiger partial charge is 1.00 e. The standard InChI is InChI=1S/C10H23N3O3P.Rb/c1-11-13-9-10(14)7-5-4-6-8-16-17(12-2)15-3;/h11,13H,4-9H2,1-3H3;/q-1;+1. The first-order valence-electron chi connectivity index (χ1n) is 5.72. The van der Waals surface area contributed by atoms with Crippen LogP contribution < -0.4 is 69.0 Å². The van der Waals surface area contributed by atoms with Crippen molar-refractivity contribution in [3.05, 3.63) is 5.09 Å². The van der Waals surface area contributed by atoms with E-state index in [-0.39, 0.29) is 64.0 Å². The van der Waals surface area contributed by atoms with Crippen LogP contribution in [0.4, 0.5) is 0 Å². The smallest absolute Gasteiger partial charge is 0.591 e. The molecule has 0 aliphatic heterocycles. The summed E-state index contributed by atoms with van der Waals surface area (Å²) >= 11 is 0. The first-order chi connectivity index (χ1) is 8.24. The predicted octanol–water partition coefficient (Wildman–Crippen LogP) is -1.26. The topological polar surface area (TPSA) is 73.7 Å². The van der Waals surface area contributed by atoms with Crippen LogP contribution in [-0.4, -0.2) is 40.1 Å². The molecule has 0 spiro atoms. The van der Waals surface area contributed by atoms with E-state index in [0.717, 1.165) is 19.3 Å². The molecule has 0 heterocycles. The molecule has 0 bridgehead atoms. The number of hydrogen-bond acceptors (Lipinski definition) is 5. The van der Waals surface area contributed by atoms with E-state index in [1.165, 1.54) is 0 Å². The number of carbonyl (C=O) groups is 1. The molecule has 0 aliphatic carbocycles. The number of hydrogen-bond donors (Lipinski definition) is 2. The van der Waals surface area contributed by atoms with Crippen LogP contribution in [0, 0.1) is 0 Å². The Balaban J connectivity index is 0. The summed E-state index contributed by atoms with van der Waals surface area (Å²) in [4.78, 5) is 11.3. The summed E-state index contributed by atoms with van der Waals surface area (Å²) in [6.07, 6.45) is 3.44. The van der Waals surface area contributed by atoms with Gasteiger partial charge < -0.3 is 14.1 Å². The second-order valence-corrected chi connectivity index (χ2v) is 4.91. The van der Waals surface area contributed by atoms with Crippen LogP contribution in [0.15, 0.2) is 0 Å².